The van der Waals surface area contributed by atoms with Crippen LogP contribution in [0.2, 0.25) is 5.02 Å². The van der Waals surface area contributed by atoms with Gasteiger partial charge in [0, 0.05) is 5.02 Å². The van der Waals surface area contributed by atoms with Crippen LogP contribution in [0.25, 0.3) is 0 Å². The molecule has 0 atom stereocenters. The van der Waals surface area contributed by atoms with Crippen molar-refractivity contribution in [1.29, 1.82) is 0 Å². The van der Waals surface area contributed by atoms with E-state index in [-0.39, 0.29) is 11.1 Å². The van der Waals surface area contributed by atoms with Crippen molar-refractivity contribution in [2.24, 2.45) is 0 Å². The topological polar surface area (TPSA) is 0 Å². The molecule has 0 saturated heterocycles. The van der Waals surface area contributed by atoms with Crippen LogP contribution in [0.15, 0.2) is 29.2 Å². The van der Waals surface area contributed by atoms with Crippen molar-refractivity contribution in [3.05, 3.63) is 29.3 Å². The van der Waals surface area contributed by atoms with Crippen molar-refractivity contribution in [2.45, 2.75) is 4.90 Å². The number of rotatable bonds is 1. The molecule has 0 bridgehead atoms. The quantitative estimate of drug-likeness (QED) is 0.604. The molecule has 0 radical (unpaired) electrons. The lowest BCUT2D eigenvalue weighted by molar-refractivity contribution is 0.364. The first kappa shape index (κ1) is 10.6. The molecule has 1 aromatic rings. The fourth-order valence-electron chi connectivity index (χ4n) is 0.707. The Morgan fingerprint density at radius 2 is 1.54 bits per heavy atom. The predicted octanol–water partition coefficient (Wildman–Crippen LogP) is 5.00. The van der Waals surface area contributed by atoms with Gasteiger partial charge >= 0.3 is 10.2 Å². The molecule has 13 heavy (non-hydrogen) atoms. The molecule has 0 heterocycles. The van der Waals surface area contributed by atoms with E-state index in [0.29, 0.717) is 6.07 Å². The second-order valence-corrected chi connectivity index (χ2v) is 5.27. The van der Waals surface area contributed by atoms with Crippen molar-refractivity contribution < 1.29 is 19.4 Å². The van der Waals surface area contributed by atoms with Gasteiger partial charge in [-0.15, -0.1) is 0 Å². The summed E-state index contributed by atoms with van der Waals surface area (Å²) < 4.78 is 60.3. The zero-order valence-electron chi connectivity index (χ0n) is 5.99. The van der Waals surface area contributed by atoms with E-state index >= 15 is 0 Å². The molecule has 0 spiro atoms. The normalized spacial score (nSPS) is 17.7. The predicted molar refractivity (Wildman–Crippen MR) is 42.8 cm³/mol. The number of benzene rings is 1. The summed E-state index contributed by atoms with van der Waals surface area (Å²) in [4.78, 5) is -1.97. The molecule has 0 nitrogen and oxygen atoms in total. The van der Waals surface area contributed by atoms with E-state index in [0.717, 1.165) is 12.1 Å². The molecule has 0 saturated carbocycles. The third-order valence-electron chi connectivity index (χ3n) is 1.24. The Morgan fingerprint density at radius 1 is 1.00 bits per heavy atom. The van der Waals surface area contributed by atoms with Gasteiger partial charge in [0.2, 0.25) is 0 Å². The Balaban J connectivity index is 3.41. The van der Waals surface area contributed by atoms with Crippen LogP contribution in [0.4, 0.5) is 19.4 Å². The Morgan fingerprint density at radius 3 is 1.85 bits per heavy atom. The number of hydrogen-bond acceptors (Lipinski definition) is 0. The average molecular weight is 239 g/mol. The average Bonchev–Trinajstić information content (AvgIpc) is 1.82. The standard InChI is InChI=1S/C6H4ClF5S/c7-5-2-1-3-6(4-5)13(8,9,10,11)12/h1-4H. The van der Waals surface area contributed by atoms with Crippen molar-refractivity contribution >= 4 is 21.8 Å². The molecule has 0 aliphatic carbocycles. The minimum Gasteiger partial charge on any atom is -0.0936 e. The first-order chi connectivity index (χ1) is 5.49. The van der Waals surface area contributed by atoms with Crippen LogP contribution in [0, 0.1) is 0 Å². The lowest BCUT2D eigenvalue weighted by atomic mass is 10.4. The minimum absolute atomic E-state index is 0.211. The van der Waals surface area contributed by atoms with Gasteiger partial charge < -0.3 is 0 Å². The van der Waals surface area contributed by atoms with Gasteiger partial charge in [-0.05, 0) is 18.2 Å². The van der Waals surface area contributed by atoms with Gasteiger partial charge in [0.15, 0.2) is 0 Å². The van der Waals surface area contributed by atoms with Crippen molar-refractivity contribution in [3.8, 4) is 0 Å². The highest BCUT2D eigenvalue weighted by atomic mass is 35.5. The molecule has 0 N–H and O–H groups in total. The third kappa shape index (κ3) is 2.73. The maximum absolute atomic E-state index is 12.1. The Labute approximate surface area is 76.0 Å². The molecule has 76 valence electrons. The SMILES string of the molecule is FS(F)(F)(F)(F)c1cccc(Cl)c1. The maximum atomic E-state index is 12.1. The molecule has 0 unspecified atom stereocenters. The first-order valence-corrected chi connectivity index (χ1v) is 5.32. The Kier molecular flexibility index (Phi) is 1.72. The van der Waals surface area contributed by atoms with Crippen LogP contribution >= 0.6 is 21.8 Å². The monoisotopic (exact) mass is 238 g/mol. The zero-order chi connectivity index (χ0) is 10.4. The summed E-state index contributed by atoms with van der Waals surface area (Å²) >= 11 is 5.16. The van der Waals surface area contributed by atoms with Crippen LogP contribution in [0.3, 0.4) is 0 Å². The molecule has 7 heteroatoms. The Hall–Kier alpha value is -0.490. The van der Waals surface area contributed by atoms with E-state index in [4.69, 9.17) is 11.6 Å². The van der Waals surface area contributed by atoms with Gasteiger partial charge in [0.1, 0.15) is 4.90 Å². The zero-order valence-corrected chi connectivity index (χ0v) is 7.56. The Bertz CT molecular complexity index is 342. The summed E-state index contributed by atoms with van der Waals surface area (Å²) in [7, 11) is -9.55. The fraction of sp³-hybridized carbons (Fsp3) is 0. The van der Waals surface area contributed by atoms with Crippen LogP contribution in [-0.2, 0) is 0 Å². The molecule has 0 amide bonds. The maximum Gasteiger partial charge on any atom is 0.310 e. The number of hydrogen-bond donors (Lipinski definition) is 0. The molecular weight excluding hydrogens is 235 g/mol. The van der Waals surface area contributed by atoms with E-state index in [1.165, 1.54) is 0 Å². The number of halogens is 6. The van der Waals surface area contributed by atoms with E-state index in [1.807, 2.05) is 0 Å². The highest BCUT2D eigenvalue weighted by Crippen LogP contribution is 3.02. The van der Waals surface area contributed by atoms with Gasteiger partial charge in [0.25, 0.3) is 0 Å². The molecule has 1 aromatic carbocycles. The highest BCUT2D eigenvalue weighted by Gasteiger charge is 2.65. The summed E-state index contributed by atoms with van der Waals surface area (Å²) in [6.45, 7) is 0. The summed E-state index contributed by atoms with van der Waals surface area (Å²) in [5.41, 5.74) is 0. The molecule has 0 aliphatic heterocycles. The second kappa shape index (κ2) is 2.12. The van der Waals surface area contributed by atoms with Crippen LogP contribution in [-0.4, -0.2) is 0 Å². The van der Waals surface area contributed by atoms with Gasteiger partial charge in [-0.25, -0.2) is 0 Å². The third-order valence-corrected chi connectivity index (χ3v) is 2.62. The van der Waals surface area contributed by atoms with Gasteiger partial charge in [-0.1, -0.05) is 37.1 Å². The van der Waals surface area contributed by atoms with Crippen molar-refractivity contribution in [2.75, 3.05) is 0 Å². The van der Waals surface area contributed by atoms with E-state index in [2.05, 4.69) is 0 Å². The van der Waals surface area contributed by atoms with E-state index < -0.39 is 15.1 Å². The van der Waals surface area contributed by atoms with Gasteiger partial charge in [-0.3, -0.25) is 0 Å². The summed E-state index contributed by atoms with van der Waals surface area (Å²) in [5.74, 6) is 0. The molecular formula is C6H4ClF5S. The summed E-state index contributed by atoms with van der Waals surface area (Å²) in [6.07, 6.45) is 0. The fourth-order valence-corrected chi connectivity index (χ4v) is 1.65. The smallest absolute Gasteiger partial charge is 0.0936 e. The van der Waals surface area contributed by atoms with Crippen LogP contribution in [0.5, 0.6) is 0 Å². The second-order valence-electron chi connectivity index (χ2n) is 2.43. The highest BCUT2D eigenvalue weighted by molar-refractivity contribution is 8.45. The molecule has 0 fully saturated rings. The minimum atomic E-state index is -9.55. The lowest BCUT2D eigenvalue weighted by Gasteiger charge is -2.40. The van der Waals surface area contributed by atoms with Crippen LogP contribution in [0.1, 0.15) is 0 Å². The first-order valence-electron chi connectivity index (χ1n) is 2.99. The van der Waals surface area contributed by atoms with Crippen molar-refractivity contribution in [3.63, 3.8) is 0 Å². The molecule has 1 rings (SSSR count). The molecule has 0 aliphatic rings. The molecule has 0 aromatic heterocycles. The lowest BCUT2D eigenvalue weighted by Crippen LogP contribution is -2.05. The summed E-state index contributed by atoms with van der Waals surface area (Å²) in [6, 6.07) is 2.43. The van der Waals surface area contributed by atoms with Crippen LogP contribution < -0.4 is 0 Å². The van der Waals surface area contributed by atoms with E-state index in [9.17, 15) is 19.4 Å². The van der Waals surface area contributed by atoms with Gasteiger partial charge in [-0.2, -0.15) is 0 Å². The largest absolute Gasteiger partial charge is 0.310 e. The van der Waals surface area contributed by atoms with Crippen molar-refractivity contribution in [1.82, 2.24) is 0 Å². The van der Waals surface area contributed by atoms with Gasteiger partial charge in [0.05, 0.1) is 0 Å². The van der Waals surface area contributed by atoms with E-state index in [1.54, 1.807) is 0 Å². The summed E-state index contributed by atoms with van der Waals surface area (Å²) in [5, 5.41) is -0.370.